The molecule has 44 heavy (non-hydrogen) atoms. The van der Waals surface area contributed by atoms with Gasteiger partial charge in [-0.3, -0.25) is 4.79 Å². The average molecular weight is 608 g/mol. The largest absolute Gasteiger partial charge is 0.490 e. The molecule has 240 valence electrons. The van der Waals surface area contributed by atoms with Crippen LogP contribution in [0.3, 0.4) is 0 Å². The normalized spacial score (nSPS) is 19.2. The number of benzene rings is 2. The van der Waals surface area contributed by atoms with E-state index in [1.54, 1.807) is 13.0 Å². The molecule has 2 aliphatic heterocycles. The van der Waals surface area contributed by atoms with E-state index in [-0.39, 0.29) is 18.6 Å². The van der Waals surface area contributed by atoms with Crippen molar-refractivity contribution in [3.8, 4) is 16.9 Å². The third-order valence-electron chi connectivity index (χ3n) is 9.88. The molecular weight excluding hydrogens is 557 g/mol. The number of hydrogen-bond acceptors (Lipinski definition) is 5. The Morgan fingerprint density at radius 2 is 1.75 bits per heavy atom. The molecule has 2 aromatic carbocycles. The average Bonchev–Trinajstić information content (AvgIpc) is 2.97. The van der Waals surface area contributed by atoms with Gasteiger partial charge < -0.3 is 19.1 Å². The molecule has 2 heterocycles. The Labute approximate surface area is 262 Å². The second kappa shape index (κ2) is 12.1. The summed E-state index contributed by atoms with van der Waals surface area (Å²) in [7, 11) is 0. The number of amides is 1. The van der Waals surface area contributed by atoms with Crippen molar-refractivity contribution >= 4 is 11.9 Å². The van der Waals surface area contributed by atoms with Crippen molar-refractivity contribution in [3.63, 3.8) is 0 Å². The number of carbonyl (C=O) groups is 2. The number of fused-ring (bicyclic) bond motifs is 2. The van der Waals surface area contributed by atoms with Gasteiger partial charge in [0.15, 0.2) is 17.7 Å². The first-order chi connectivity index (χ1) is 20.7. The lowest BCUT2D eigenvalue weighted by atomic mass is 9.69. The maximum atomic E-state index is 15.8. The van der Waals surface area contributed by atoms with Crippen molar-refractivity contribution in [2.45, 2.75) is 137 Å². The number of nitrogens with zero attached hydrogens (tertiary/aromatic N) is 1. The SMILES string of the molecule is CCOC(=O)C(OC(C)(C)C)c1c(C)c2c(c(C)c1-c1cc(F)c3c(c1C)CCCO3)CN(C1CCCCC1)C(=O)C2(C)C. The quantitative estimate of drug-likeness (QED) is 0.311. The molecule has 3 aliphatic rings. The Morgan fingerprint density at radius 3 is 2.39 bits per heavy atom. The van der Waals surface area contributed by atoms with Crippen molar-refractivity contribution in [2.75, 3.05) is 13.2 Å². The van der Waals surface area contributed by atoms with Crippen LogP contribution < -0.4 is 4.74 Å². The Morgan fingerprint density at radius 1 is 1.07 bits per heavy atom. The van der Waals surface area contributed by atoms with Crippen LogP contribution in [0.1, 0.15) is 125 Å². The number of esters is 1. The Kier molecular flexibility index (Phi) is 8.93. The number of halogens is 1. The maximum Gasteiger partial charge on any atom is 0.339 e. The smallest absolute Gasteiger partial charge is 0.339 e. The van der Waals surface area contributed by atoms with E-state index in [4.69, 9.17) is 14.2 Å². The van der Waals surface area contributed by atoms with E-state index in [9.17, 15) is 9.59 Å². The van der Waals surface area contributed by atoms with Crippen LogP contribution >= 0.6 is 0 Å². The predicted octanol–water partition coefficient (Wildman–Crippen LogP) is 8.11. The summed E-state index contributed by atoms with van der Waals surface area (Å²) >= 11 is 0. The third-order valence-corrected chi connectivity index (χ3v) is 9.88. The number of ether oxygens (including phenoxy) is 3. The summed E-state index contributed by atoms with van der Waals surface area (Å²) in [5, 5.41) is 0. The maximum absolute atomic E-state index is 15.8. The minimum Gasteiger partial charge on any atom is -0.490 e. The summed E-state index contributed by atoms with van der Waals surface area (Å²) in [6.45, 7) is 18.8. The van der Waals surface area contributed by atoms with Crippen molar-refractivity contribution < 1.29 is 28.2 Å². The zero-order valence-corrected chi connectivity index (χ0v) is 28.2. The summed E-state index contributed by atoms with van der Waals surface area (Å²) in [6.07, 6.45) is 5.97. The van der Waals surface area contributed by atoms with Gasteiger partial charge in [-0.25, -0.2) is 9.18 Å². The molecule has 0 spiro atoms. The summed E-state index contributed by atoms with van der Waals surface area (Å²) in [5.74, 6) is -0.441. The fourth-order valence-electron chi connectivity index (χ4n) is 7.92. The minimum atomic E-state index is -1.06. The summed E-state index contributed by atoms with van der Waals surface area (Å²) in [5.41, 5.74) is 6.30. The molecule has 1 unspecified atom stereocenters. The number of hydrogen-bond donors (Lipinski definition) is 0. The van der Waals surface area contributed by atoms with Gasteiger partial charge in [-0.05, 0) is 133 Å². The van der Waals surface area contributed by atoms with Gasteiger partial charge in [0.05, 0.1) is 24.2 Å². The highest BCUT2D eigenvalue weighted by Gasteiger charge is 2.46. The van der Waals surface area contributed by atoms with Crippen molar-refractivity contribution in [3.05, 3.63) is 50.8 Å². The van der Waals surface area contributed by atoms with Crippen molar-refractivity contribution in [1.82, 2.24) is 4.90 Å². The van der Waals surface area contributed by atoms with Gasteiger partial charge in [0.2, 0.25) is 5.91 Å². The van der Waals surface area contributed by atoms with E-state index < -0.39 is 28.9 Å². The first-order valence-electron chi connectivity index (χ1n) is 16.5. The highest BCUT2D eigenvalue weighted by Crippen LogP contribution is 2.50. The van der Waals surface area contributed by atoms with Crippen LogP contribution in [-0.4, -0.2) is 41.6 Å². The van der Waals surface area contributed by atoms with Gasteiger partial charge in [-0.1, -0.05) is 19.3 Å². The molecule has 1 fully saturated rings. The third kappa shape index (κ3) is 5.65. The zero-order valence-electron chi connectivity index (χ0n) is 28.2. The molecule has 0 saturated heterocycles. The van der Waals surface area contributed by atoms with Gasteiger partial charge in [0.1, 0.15) is 0 Å². The fraction of sp³-hybridized carbons (Fsp3) is 0.622. The molecule has 1 aliphatic carbocycles. The number of rotatable bonds is 6. The van der Waals surface area contributed by atoms with Crippen LogP contribution in [0.2, 0.25) is 0 Å². The van der Waals surface area contributed by atoms with Gasteiger partial charge in [-0.15, -0.1) is 0 Å². The van der Waals surface area contributed by atoms with E-state index in [2.05, 4.69) is 11.8 Å². The second-order valence-electron chi connectivity index (χ2n) is 14.4. The summed E-state index contributed by atoms with van der Waals surface area (Å²) < 4.78 is 33.8. The van der Waals surface area contributed by atoms with Crippen LogP contribution in [0.5, 0.6) is 5.75 Å². The van der Waals surface area contributed by atoms with Gasteiger partial charge in [-0.2, -0.15) is 0 Å². The minimum absolute atomic E-state index is 0.121. The summed E-state index contributed by atoms with van der Waals surface area (Å²) in [6, 6.07) is 1.78. The highest BCUT2D eigenvalue weighted by molar-refractivity contribution is 5.93. The van der Waals surface area contributed by atoms with Crippen LogP contribution in [0, 0.1) is 26.6 Å². The van der Waals surface area contributed by atoms with Gasteiger partial charge in [0.25, 0.3) is 0 Å². The molecule has 1 atom stereocenters. The Balaban J connectivity index is 1.85. The van der Waals surface area contributed by atoms with Crippen molar-refractivity contribution in [2.24, 2.45) is 0 Å². The molecule has 6 nitrogen and oxygen atoms in total. The monoisotopic (exact) mass is 607 g/mol. The highest BCUT2D eigenvalue weighted by atomic mass is 19.1. The molecule has 1 amide bonds. The van der Waals surface area contributed by atoms with Gasteiger partial charge in [0, 0.05) is 23.7 Å². The lowest BCUT2D eigenvalue weighted by Crippen LogP contribution is -2.53. The molecular formula is C37H50FNO5. The lowest BCUT2D eigenvalue weighted by Gasteiger charge is -2.46. The Hall–Kier alpha value is -2.93. The second-order valence-corrected chi connectivity index (χ2v) is 14.4. The van der Waals surface area contributed by atoms with E-state index in [1.807, 2.05) is 48.5 Å². The standard InChI is InChI=1S/C37H50FNO5/c1-10-42-34(40)33(44-36(5,6)7)30-23(4)31-27(20-39(35(41)37(31,8)9)24-15-12-11-13-16-24)22(3)29(30)26-19-28(38)32-25(21(26)2)17-14-18-43-32/h19,24,33H,10-18,20H2,1-9H3. The summed E-state index contributed by atoms with van der Waals surface area (Å²) in [4.78, 5) is 30.2. The van der Waals surface area contributed by atoms with Crippen molar-refractivity contribution in [1.29, 1.82) is 0 Å². The van der Waals surface area contributed by atoms with Crippen LogP contribution in [0.4, 0.5) is 4.39 Å². The van der Waals surface area contributed by atoms with Crippen LogP contribution in [-0.2, 0) is 37.4 Å². The fourth-order valence-corrected chi connectivity index (χ4v) is 7.92. The predicted molar refractivity (Wildman–Crippen MR) is 171 cm³/mol. The lowest BCUT2D eigenvalue weighted by molar-refractivity contribution is -0.166. The molecule has 0 aromatic heterocycles. The molecule has 0 radical (unpaired) electrons. The molecule has 2 aromatic rings. The van der Waals surface area contributed by atoms with E-state index in [0.717, 1.165) is 83.0 Å². The topological polar surface area (TPSA) is 65.1 Å². The molecule has 0 bridgehead atoms. The molecule has 7 heteroatoms. The zero-order chi connectivity index (χ0) is 32.1. The molecule has 5 rings (SSSR count). The van der Waals surface area contributed by atoms with E-state index in [0.29, 0.717) is 24.5 Å². The van der Waals surface area contributed by atoms with Crippen LogP contribution in [0.25, 0.3) is 11.1 Å². The Bertz CT molecular complexity index is 1460. The van der Waals surface area contributed by atoms with E-state index in [1.165, 1.54) is 6.42 Å². The molecule has 0 N–H and O–H groups in total. The molecule has 1 saturated carbocycles. The van der Waals surface area contributed by atoms with Gasteiger partial charge >= 0.3 is 5.97 Å². The van der Waals surface area contributed by atoms with Crippen LogP contribution in [0.15, 0.2) is 6.07 Å². The first-order valence-corrected chi connectivity index (χ1v) is 16.5. The van der Waals surface area contributed by atoms with E-state index >= 15 is 4.39 Å². The number of carbonyl (C=O) groups excluding carboxylic acids is 2. The first kappa shape index (κ1) is 32.5.